The Bertz CT molecular complexity index is 2860. The molecule has 2 amide bonds. The molecular weight excluding hydrogens is 934 g/mol. The maximum atomic E-state index is 14.2. The summed E-state index contributed by atoms with van der Waals surface area (Å²) in [6.07, 6.45) is 4.23. The van der Waals surface area contributed by atoms with Crippen molar-refractivity contribution in [1.29, 1.82) is 0 Å². The molecule has 3 N–H and O–H groups in total. The van der Waals surface area contributed by atoms with Gasteiger partial charge in [0, 0.05) is 72.8 Å². The minimum absolute atomic E-state index is 0.241. The molecule has 3 aromatic heterocycles. The number of thioether (sulfide) groups is 1. The van der Waals surface area contributed by atoms with E-state index in [9.17, 15) is 39.6 Å². The van der Waals surface area contributed by atoms with E-state index < -0.39 is 52.8 Å². The molecule has 0 radical (unpaired) electrons. The lowest BCUT2D eigenvalue weighted by Gasteiger charge is -2.29. The Morgan fingerprint density at radius 1 is 0.938 bits per heavy atom. The average molecular weight is 973 g/mol. The van der Waals surface area contributed by atoms with Crippen LogP contribution in [0.4, 0.5) is 29.1 Å². The number of nitrogens with zero attached hydrogens (tertiary/aromatic N) is 5. The first-order chi connectivity index (χ1) is 30.6. The Balaban J connectivity index is 0.984. The fourth-order valence-electron chi connectivity index (χ4n) is 7.13. The van der Waals surface area contributed by atoms with Crippen LogP contribution in [0.15, 0.2) is 105 Å². The van der Waals surface area contributed by atoms with Crippen LogP contribution in [-0.2, 0) is 37.6 Å². The highest BCUT2D eigenvalue weighted by atomic mass is 32.2. The predicted molar refractivity (Wildman–Crippen MR) is 239 cm³/mol. The molecule has 23 heteroatoms. The fourth-order valence-corrected chi connectivity index (χ4v) is 11.8. The third-order valence-corrected chi connectivity index (χ3v) is 16.3. The number of fused-ring (bicyclic) bond motifs is 2. The number of nitrogens with one attached hydrogen (secondary N) is 3. The van der Waals surface area contributed by atoms with Gasteiger partial charge < -0.3 is 15.0 Å². The average Bonchev–Trinajstić information content (AvgIpc) is 3.95. The maximum Gasteiger partial charge on any atom is 0.501 e. The number of sulfonamides is 1. The summed E-state index contributed by atoms with van der Waals surface area (Å²) in [7, 11) is -11.0. The van der Waals surface area contributed by atoms with Gasteiger partial charge in [0.05, 0.1) is 34.0 Å². The van der Waals surface area contributed by atoms with E-state index in [0.29, 0.717) is 85.4 Å². The van der Waals surface area contributed by atoms with Crippen molar-refractivity contribution in [3.8, 4) is 0 Å². The number of halogens is 3. The molecule has 5 heterocycles. The zero-order valence-corrected chi connectivity index (χ0v) is 37.7. The molecule has 3 aromatic carbocycles. The van der Waals surface area contributed by atoms with Crippen molar-refractivity contribution < 1.29 is 44.3 Å². The number of carbonyl (C=O) groups excluding carboxylic acids is 2. The quantitative estimate of drug-likeness (QED) is 0.0925. The molecule has 0 bridgehead atoms. The van der Waals surface area contributed by atoms with E-state index in [0.717, 1.165) is 44.2 Å². The molecule has 64 heavy (non-hydrogen) atoms. The first kappa shape index (κ1) is 45.4. The minimum atomic E-state index is -6.10. The standard InChI is InChI=1S/C41H39F3N8O7S5/c42-41(43,44)63(55,56)36-21-29(9-10-33(36)46-27(13-15-51-17-19-59-20-18-51)24-60-28-6-2-1-3-7-28)64(57,58)50-38(54)34-25-61-40(48-34)52-16-12-26-5-4-8-30(31(26)23-52)37(53)49-39-47-32-11-14-45-22-35(32)62-39/h1-11,14,21-22,25,27,46H,12-13,15-20,23-24H2,(H,50,54)(H,47,49,53)/t27-/m1/s1. The molecule has 0 saturated carbocycles. The number of aromatic nitrogens is 3. The monoisotopic (exact) mass is 972 g/mol. The van der Waals surface area contributed by atoms with Crippen molar-refractivity contribution >= 4 is 92.3 Å². The van der Waals surface area contributed by atoms with Crippen LogP contribution >= 0.6 is 34.4 Å². The number of hydrogen-bond acceptors (Lipinski definition) is 16. The molecule has 1 fully saturated rings. The summed E-state index contributed by atoms with van der Waals surface area (Å²) in [6.45, 7) is 3.63. The minimum Gasteiger partial charge on any atom is -0.380 e. The number of sulfone groups is 1. The molecule has 8 rings (SSSR count). The van der Waals surface area contributed by atoms with Gasteiger partial charge >= 0.3 is 5.51 Å². The molecule has 336 valence electrons. The van der Waals surface area contributed by atoms with E-state index in [1.807, 2.05) is 46.0 Å². The number of carbonyl (C=O) groups is 2. The molecule has 0 spiro atoms. The second kappa shape index (κ2) is 19.1. The lowest BCUT2D eigenvalue weighted by Crippen LogP contribution is -2.39. The van der Waals surface area contributed by atoms with Gasteiger partial charge in [-0.2, -0.15) is 13.2 Å². The third kappa shape index (κ3) is 10.3. The maximum absolute atomic E-state index is 14.2. The number of benzene rings is 3. The van der Waals surface area contributed by atoms with Gasteiger partial charge in [0.1, 0.15) is 10.6 Å². The summed E-state index contributed by atoms with van der Waals surface area (Å²) in [4.78, 5) is 42.5. The van der Waals surface area contributed by atoms with Gasteiger partial charge in [0.25, 0.3) is 31.7 Å². The summed E-state index contributed by atoms with van der Waals surface area (Å²) in [5, 5.41) is 7.92. The van der Waals surface area contributed by atoms with Crippen molar-refractivity contribution in [2.45, 2.75) is 45.6 Å². The van der Waals surface area contributed by atoms with Crippen LogP contribution in [0.1, 0.15) is 38.4 Å². The topological polar surface area (TPSA) is 193 Å². The lowest BCUT2D eigenvalue weighted by molar-refractivity contribution is -0.0436. The van der Waals surface area contributed by atoms with E-state index in [1.54, 1.807) is 30.6 Å². The molecule has 0 unspecified atom stereocenters. The first-order valence-electron chi connectivity index (χ1n) is 19.7. The number of anilines is 3. The Kier molecular flexibility index (Phi) is 13.6. The highest BCUT2D eigenvalue weighted by Gasteiger charge is 2.48. The normalized spacial score (nSPS) is 15.4. The van der Waals surface area contributed by atoms with Gasteiger partial charge in [-0.25, -0.2) is 31.5 Å². The van der Waals surface area contributed by atoms with Crippen molar-refractivity contribution in [1.82, 2.24) is 24.6 Å². The zero-order valence-electron chi connectivity index (χ0n) is 33.6. The number of rotatable bonds is 15. The van der Waals surface area contributed by atoms with Crippen LogP contribution < -0.4 is 20.3 Å². The second-order valence-corrected chi connectivity index (χ2v) is 21.2. The van der Waals surface area contributed by atoms with Crippen molar-refractivity contribution in [3.05, 3.63) is 113 Å². The van der Waals surface area contributed by atoms with Crippen LogP contribution in [0.25, 0.3) is 10.2 Å². The molecule has 2 aliphatic heterocycles. The van der Waals surface area contributed by atoms with E-state index in [1.165, 1.54) is 28.5 Å². The Morgan fingerprint density at radius 3 is 2.50 bits per heavy atom. The number of alkyl halides is 3. The Morgan fingerprint density at radius 2 is 1.73 bits per heavy atom. The zero-order chi connectivity index (χ0) is 45.1. The van der Waals surface area contributed by atoms with E-state index in [4.69, 9.17) is 4.74 Å². The number of hydrogen-bond donors (Lipinski definition) is 3. The van der Waals surface area contributed by atoms with Crippen LogP contribution in [0.3, 0.4) is 0 Å². The highest BCUT2D eigenvalue weighted by Crippen LogP contribution is 2.37. The molecule has 6 aromatic rings. The molecule has 1 atom stereocenters. The van der Waals surface area contributed by atoms with Gasteiger partial charge in [-0.15, -0.1) is 23.1 Å². The highest BCUT2D eigenvalue weighted by molar-refractivity contribution is 7.99. The van der Waals surface area contributed by atoms with Gasteiger partial charge in [0.2, 0.25) is 0 Å². The lowest BCUT2D eigenvalue weighted by atomic mass is 9.94. The molecule has 2 aliphatic rings. The van der Waals surface area contributed by atoms with Crippen LogP contribution in [0.5, 0.6) is 0 Å². The molecule has 1 saturated heterocycles. The summed E-state index contributed by atoms with van der Waals surface area (Å²) in [6, 6.07) is 18.2. The third-order valence-electron chi connectivity index (χ3n) is 10.5. The van der Waals surface area contributed by atoms with Crippen LogP contribution in [-0.4, -0.2) is 105 Å². The number of ether oxygens (including phenoxy) is 1. The summed E-state index contributed by atoms with van der Waals surface area (Å²) in [5.74, 6) is -1.21. The smallest absolute Gasteiger partial charge is 0.380 e. The second-order valence-electron chi connectivity index (χ2n) is 14.7. The Labute approximate surface area is 378 Å². The van der Waals surface area contributed by atoms with E-state index in [-0.39, 0.29) is 18.1 Å². The number of thiazole rings is 2. The number of amides is 2. The molecule has 0 aliphatic carbocycles. The molecule has 15 nitrogen and oxygen atoms in total. The SMILES string of the molecule is O=C(NS(=O)(=O)c1ccc(N[C@H](CCN2CCOCC2)CSc2ccccc2)c(S(=O)(=O)C(F)(F)F)c1)c1csc(N2CCc3cccc(C(=O)Nc4nc5ccncc5s4)c3C2)n1. The largest absolute Gasteiger partial charge is 0.501 e. The van der Waals surface area contributed by atoms with Gasteiger partial charge in [-0.05, 0) is 66.4 Å². The van der Waals surface area contributed by atoms with E-state index >= 15 is 0 Å². The van der Waals surface area contributed by atoms with Crippen LogP contribution in [0, 0.1) is 0 Å². The van der Waals surface area contributed by atoms with Gasteiger partial charge in [-0.3, -0.25) is 24.8 Å². The summed E-state index contributed by atoms with van der Waals surface area (Å²) < 4.78 is 104. The molecular formula is C41H39F3N8O7S5. The van der Waals surface area contributed by atoms with Gasteiger partial charge in [0.15, 0.2) is 10.3 Å². The number of pyridine rings is 1. The van der Waals surface area contributed by atoms with Crippen molar-refractivity contribution in [2.75, 3.05) is 60.7 Å². The van der Waals surface area contributed by atoms with Crippen molar-refractivity contribution in [2.24, 2.45) is 0 Å². The first-order valence-corrected chi connectivity index (χ1v) is 25.4. The summed E-state index contributed by atoms with van der Waals surface area (Å²) in [5.41, 5.74) is -3.72. The fraction of sp³-hybridized carbons (Fsp3) is 0.293. The number of morpholine rings is 1. The van der Waals surface area contributed by atoms with Gasteiger partial charge in [-0.1, -0.05) is 41.7 Å². The van der Waals surface area contributed by atoms with Crippen molar-refractivity contribution in [3.63, 3.8) is 0 Å². The summed E-state index contributed by atoms with van der Waals surface area (Å²) >= 11 is 3.77. The van der Waals surface area contributed by atoms with Crippen LogP contribution in [0.2, 0.25) is 0 Å². The predicted octanol–water partition coefficient (Wildman–Crippen LogP) is 6.67. The Hall–Kier alpha value is -5.17. The van der Waals surface area contributed by atoms with E-state index in [2.05, 4.69) is 30.5 Å².